The summed E-state index contributed by atoms with van der Waals surface area (Å²) in [6, 6.07) is 7.20. The summed E-state index contributed by atoms with van der Waals surface area (Å²) in [7, 11) is 2.10. The Balaban J connectivity index is 1.76. The van der Waals surface area contributed by atoms with Crippen LogP contribution < -0.4 is 5.32 Å². The molecule has 4 nitrogen and oxygen atoms in total. The normalized spacial score (nSPS) is 15.8. The van der Waals surface area contributed by atoms with Crippen molar-refractivity contribution >= 4 is 51.5 Å². The van der Waals surface area contributed by atoms with Crippen molar-refractivity contribution < 1.29 is 4.79 Å². The van der Waals surface area contributed by atoms with Gasteiger partial charge in [0.2, 0.25) is 5.91 Å². The highest BCUT2D eigenvalue weighted by Gasteiger charge is 2.17. The molecule has 1 N–H and O–H groups in total. The van der Waals surface area contributed by atoms with Crippen LogP contribution in [0.1, 0.15) is 0 Å². The first-order chi connectivity index (χ1) is 10.1. The van der Waals surface area contributed by atoms with Gasteiger partial charge in [0.1, 0.15) is 4.32 Å². The molecule has 0 unspecified atom stereocenters. The lowest BCUT2D eigenvalue weighted by Gasteiger charge is -2.33. The Hall–Kier alpha value is -0.820. The van der Waals surface area contributed by atoms with Gasteiger partial charge in [0.15, 0.2) is 0 Å². The van der Waals surface area contributed by atoms with E-state index in [9.17, 15) is 4.79 Å². The molecule has 1 aromatic rings. The highest BCUT2D eigenvalue weighted by Crippen LogP contribution is 2.21. The number of rotatable bonds is 3. The number of para-hydroxylation sites is 1. The summed E-state index contributed by atoms with van der Waals surface area (Å²) in [6.07, 6.45) is 0. The topological polar surface area (TPSA) is 35.6 Å². The first-order valence-corrected chi connectivity index (χ1v) is 8.48. The number of halogens is 1. The van der Waals surface area contributed by atoms with Crippen LogP contribution in [0.5, 0.6) is 0 Å². The van der Waals surface area contributed by atoms with Gasteiger partial charge in [0, 0.05) is 26.2 Å². The van der Waals surface area contributed by atoms with Gasteiger partial charge in [-0.25, -0.2) is 0 Å². The van der Waals surface area contributed by atoms with Gasteiger partial charge >= 0.3 is 0 Å². The van der Waals surface area contributed by atoms with Gasteiger partial charge in [-0.3, -0.25) is 4.79 Å². The van der Waals surface area contributed by atoms with E-state index >= 15 is 0 Å². The zero-order chi connectivity index (χ0) is 15.2. The molecule has 0 bridgehead atoms. The number of hydrogen-bond donors (Lipinski definition) is 1. The molecule has 114 valence electrons. The van der Waals surface area contributed by atoms with Crippen molar-refractivity contribution in [2.45, 2.75) is 0 Å². The Morgan fingerprint density at radius 3 is 2.67 bits per heavy atom. The number of anilines is 1. The Labute approximate surface area is 139 Å². The molecule has 21 heavy (non-hydrogen) atoms. The first-order valence-electron chi connectivity index (χ1n) is 6.71. The van der Waals surface area contributed by atoms with E-state index in [1.807, 2.05) is 12.1 Å². The van der Waals surface area contributed by atoms with Gasteiger partial charge in [-0.1, -0.05) is 47.7 Å². The molecule has 2 rings (SSSR count). The van der Waals surface area contributed by atoms with Crippen LogP contribution in [0.25, 0.3) is 0 Å². The maximum Gasteiger partial charge on any atom is 0.234 e. The number of nitrogens with zero attached hydrogens (tertiary/aromatic N) is 2. The lowest BCUT2D eigenvalue weighted by Crippen LogP contribution is -2.46. The van der Waals surface area contributed by atoms with Crippen LogP contribution >= 0.6 is 35.6 Å². The lowest BCUT2D eigenvalue weighted by atomic mass is 10.3. The number of thioether (sulfide) groups is 1. The second kappa shape index (κ2) is 7.98. The summed E-state index contributed by atoms with van der Waals surface area (Å²) in [4.78, 5) is 16.4. The van der Waals surface area contributed by atoms with E-state index in [0.717, 1.165) is 30.5 Å². The smallest absolute Gasteiger partial charge is 0.234 e. The van der Waals surface area contributed by atoms with Crippen LogP contribution in [0.15, 0.2) is 24.3 Å². The van der Waals surface area contributed by atoms with E-state index in [4.69, 9.17) is 23.8 Å². The minimum Gasteiger partial charge on any atom is -0.355 e. The molecule has 1 aromatic carbocycles. The number of thiocarbonyl (C=S) groups is 1. The molecule has 1 fully saturated rings. The molecule has 1 aliphatic rings. The summed E-state index contributed by atoms with van der Waals surface area (Å²) in [6.45, 7) is 3.86. The standard InChI is InChI=1S/C14H18ClN3OS2/c1-17-6-8-18(9-7-17)14(20)21-10-13(19)16-12-5-3-2-4-11(12)15/h2-5H,6-10H2,1H3,(H,16,19). The Bertz CT molecular complexity index is 519. The second-order valence-electron chi connectivity index (χ2n) is 4.87. The van der Waals surface area contributed by atoms with E-state index in [-0.39, 0.29) is 5.91 Å². The summed E-state index contributed by atoms with van der Waals surface area (Å²) in [5.74, 6) is 0.209. The SMILES string of the molecule is CN1CCN(C(=S)SCC(=O)Nc2ccccc2Cl)CC1. The monoisotopic (exact) mass is 343 g/mol. The average Bonchev–Trinajstić information content (AvgIpc) is 2.48. The third kappa shape index (κ3) is 5.14. The quantitative estimate of drug-likeness (QED) is 0.853. The number of carbonyl (C=O) groups excluding carboxylic acids is 1. The summed E-state index contributed by atoms with van der Waals surface area (Å²) in [5, 5.41) is 3.34. The molecule has 0 atom stereocenters. The van der Waals surface area contributed by atoms with Crippen molar-refractivity contribution in [2.75, 3.05) is 44.3 Å². The van der Waals surface area contributed by atoms with Crippen molar-refractivity contribution in [1.29, 1.82) is 0 Å². The maximum absolute atomic E-state index is 11.9. The van der Waals surface area contributed by atoms with Crippen LogP contribution in [0.4, 0.5) is 5.69 Å². The van der Waals surface area contributed by atoms with Crippen LogP contribution in [0.2, 0.25) is 5.02 Å². The Kier molecular flexibility index (Phi) is 6.29. The molecule has 1 aliphatic heterocycles. The summed E-state index contributed by atoms with van der Waals surface area (Å²) >= 11 is 12.8. The molecule has 1 heterocycles. The number of amides is 1. The zero-order valence-electron chi connectivity index (χ0n) is 11.8. The first kappa shape index (κ1) is 16.5. The van der Waals surface area contributed by atoms with E-state index < -0.39 is 0 Å². The third-order valence-electron chi connectivity index (χ3n) is 3.24. The molecule has 0 aliphatic carbocycles. The van der Waals surface area contributed by atoms with Crippen molar-refractivity contribution in [2.24, 2.45) is 0 Å². The number of likely N-dealkylation sites (N-methyl/N-ethyl adjacent to an activating group) is 1. The number of carbonyl (C=O) groups is 1. The number of piperazine rings is 1. The van der Waals surface area contributed by atoms with E-state index in [1.165, 1.54) is 11.8 Å². The van der Waals surface area contributed by atoms with Crippen molar-refractivity contribution in [1.82, 2.24) is 9.80 Å². The van der Waals surface area contributed by atoms with E-state index in [1.54, 1.807) is 12.1 Å². The zero-order valence-corrected chi connectivity index (χ0v) is 14.2. The minimum absolute atomic E-state index is 0.0930. The minimum atomic E-state index is -0.0930. The van der Waals surface area contributed by atoms with Crippen molar-refractivity contribution in [3.8, 4) is 0 Å². The van der Waals surface area contributed by atoms with E-state index in [2.05, 4.69) is 22.2 Å². The molecule has 0 aromatic heterocycles. The average molecular weight is 344 g/mol. The fourth-order valence-corrected chi connectivity index (χ4v) is 3.19. The predicted molar refractivity (Wildman–Crippen MR) is 94.2 cm³/mol. The number of nitrogens with one attached hydrogen (secondary N) is 1. The maximum atomic E-state index is 11.9. The number of hydrogen-bond acceptors (Lipinski definition) is 4. The van der Waals surface area contributed by atoms with Crippen LogP contribution in [0.3, 0.4) is 0 Å². The molecular formula is C14H18ClN3OS2. The van der Waals surface area contributed by atoms with Gasteiger partial charge in [0.05, 0.1) is 16.5 Å². The molecule has 0 saturated carbocycles. The van der Waals surface area contributed by atoms with Gasteiger partial charge in [-0.2, -0.15) is 0 Å². The molecule has 0 spiro atoms. The van der Waals surface area contributed by atoms with Gasteiger partial charge in [0.25, 0.3) is 0 Å². The third-order valence-corrected chi connectivity index (χ3v) is 5.09. The number of benzene rings is 1. The molecule has 1 amide bonds. The molecular weight excluding hydrogens is 326 g/mol. The molecule has 0 radical (unpaired) electrons. The molecule has 7 heteroatoms. The molecule has 1 saturated heterocycles. The summed E-state index contributed by atoms with van der Waals surface area (Å²) in [5.41, 5.74) is 0.635. The lowest BCUT2D eigenvalue weighted by molar-refractivity contribution is -0.113. The van der Waals surface area contributed by atoms with Crippen LogP contribution in [-0.4, -0.2) is 59.0 Å². The largest absolute Gasteiger partial charge is 0.355 e. The van der Waals surface area contributed by atoms with Gasteiger partial charge in [-0.15, -0.1) is 0 Å². The van der Waals surface area contributed by atoms with Gasteiger partial charge in [-0.05, 0) is 19.2 Å². The van der Waals surface area contributed by atoms with Crippen molar-refractivity contribution in [3.63, 3.8) is 0 Å². The summed E-state index contributed by atoms with van der Waals surface area (Å²) < 4.78 is 0.789. The van der Waals surface area contributed by atoms with Crippen LogP contribution in [-0.2, 0) is 4.79 Å². The van der Waals surface area contributed by atoms with Crippen molar-refractivity contribution in [3.05, 3.63) is 29.3 Å². The Morgan fingerprint density at radius 1 is 1.33 bits per heavy atom. The highest BCUT2D eigenvalue weighted by atomic mass is 35.5. The highest BCUT2D eigenvalue weighted by molar-refractivity contribution is 8.23. The fraction of sp³-hybridized carbons (Fsp3) is 0.429. The van der Waals surface area contributed by atoms with Crippen LogP contribution in [0, 0.1) is 0 Å². The fourth-order valence-electron chi connectivity index (χ4n) is 1.96. The van der Waals surface area contributed by atoms with E-state index in [0.29, 0.717) is 16.5 Å². The second-order valence-corrected chi connectivity index (χ2v) is 6.89. The Morgan fingerprint density at radius 2 is 2.00 bits per heavy atom. The predicted octanol–water partition coefficient (Wildman–Crippen LogP) is 2.54. The van der Waals surface area contributed by atoms with Gasteiger partial charge < -0.3 is 15.1 Å².